The quantitative estimate of drug-likeness (QED) is 0.427. The van der Waals surface area contributed by atoms with E-state index in [4.69, 9.17) is 4.74 Å². The van der Waals surface area contributed by atoms with E-state index in [0.717, 1.165) is 48.2 Å². The Balaban J connectivity index is 1.61. The summed E-state index contributed by atoms with van der Waals surface area (Å²) in [5.74, 6) is 0.352. The second-order valence-electron chi connectivity index (χ2n) is 6.45. The van der Waals surface area contributed by atoms with E-state index < -0.39 is 4.92 Å². The van der Waals surface area contributed by atoms with Crippen LogP contribution in [0, 0.1) is 10.1 Å². The van der Waals surface area contributed by atoms with Crippen molar-refractivity contribution < 1.29 is 14.5 Å². The summed E-state index contributed by atoms with van der Waals surface area (Å²) in [5, 5.41) is 15.0. The fraction of sp³-hybridized carbons (Fsp3) is 0.250. The minimum Gasteiger partial charge on any atom is -0.485 e. The molecule has 0 amide bonds. The number of Topliss-reactive ketones (excluding diaryl/α,β-unsaturated/α-hetero) is 1. The van der Waals surface area contributed by atoms with Crippen LogP contribution < -0.4 is 10.1 Å². The zero-order chi connectivity index (χ0) is 18.8. The molecule has 1 N–H and O–H groups in total. The number of aromatic nitrogens is 1. The van der Waals surface area contributed by atoms with Crippen LogP contribution in [-0.4, -0.2) is 35.0 Å². The van der Waals surface area contributed by atoms with Gasteiger partial charge in [0.05, 0.1) is 10.5 Å². The molecule has 1 aromatic heterocycles. The van der Waals surface area contributed by atoms with Gasteiger partial charge in [0, 0.05) is 54.8 Å². The van der Waals surface area contributed by atoms with Crippen molar-refractivity contribution in [3.8, 4) is 5.75 Å². The first-order valence-electron chi connectivity index (χ1n) is 8.86. The third-order valence-electron chi connectivity index (χ3n) is 4.83. The number of carbonyl (C=O) groups is 1. The third kappa shape index (κ3) is 3.29. The fourth-order valence-corrected chi connectivity index (χ4v) is 3.59. The van der Waals surface area contributed by atoms with Crippen molar-refractivity contribution in [3.05, 3.63) is 69.9 Å². The van der Waals surface area contributed by atoms with E-state index in [1.54, 1.807) is 0 Å². The molecule has 0 radical (unpaired) electrons. The molecule has 0 bridgehead atoms. The number of nitrogens with zero attached hydrogens (tertiary/aromatic N) is 2. The summed E-state index contributed by atoms with van der Waals surface area (Å²) >= 11 is 0. The van der Waals surface area contributed by atoms with Crippen LogP contribution in [0.25, 0.3) is 10.9 Å². The number of carbonyl (C=O) groups excluding carboxylic acids is 1. The van der Waals surface area contributed by atoms with E-state index in [1.807, 2.05) is 24.3 Å². The molecule has 4 rings (SSSR count). The molecule has 1 aliphatic heterocycles. The zero-order valence-corrected chi connectivity index (χ0v) is 14.7. The van der Waals surface area contributed by atoms with Gasteiger partial charge in [-0.05, 0) is 18.2 Å². The smallest absolute Gasteiger partial charge is 0.269 e. The molecule has 3 aromatic rings. The average molecular weight is 365 g/mol. The predicted molar refractivity (Wildman–Crippen MR) is 101 cm³/mol. The molecular formula is C20H19N3O4. The van der Waals surface area contributed by atoms with Crippen LogP contribution in [0.5, 0.6) is 5.75 Å². The number of nitro benzene ring substituents is 1. The highest BCUT2D eigenvalue weighted by atomic mass is 16.6. The van der Waals surface area contributed by atoms with E-state index in [9.17, 15) is 14.9 Å². The molecule has 0 unspecified atom stereocenters. The van der Waals surface area contributed by atoms with Gasteiger partial charge >= 0.3 is 0 Å². The number of hydrogen-bond donors (Lipinski definition) is 1. The molecule has 0 fully saturated rings. The first kappa shape index (κ1) is 17.2. The van der Waals surface area contributed by atoms with Crippen molar-refractivity contribution in [1.82, 2.24) is 9.88 Å². The topological polar surface area (TPSA) is 86.4 Å². The third-order valence-corrected chi connectivity index (χ3v) is 4.83. The predicted octanol–water partition coefficient (Wildman–Crippen LogP) is 2.96. The second-order valence-corrected chi connectivity index (χ2v) is 6.45. The summed E-state index contributed by atoms with van der Waals surface area (Å²) in [4.78, 5) is 23.2. The first-order chi connectivity index (χ1) is 13.1. The summed E-state index contributed by atoms with van der Waals surface area (Å²) in [5.41, 5.74) is 2.81. The van der Waals surface area contributed by atoms with Gasteiger partial charge in [0.1, 0.15) is 5.75 Å². The van der Waals surface area contributed by atoms with Gasteiger partial charge < -0.3 is 14.6 Å². The van der Waals surface area contributed by atoms with Crippen LogP contribution in [0.2, 0.25) is 0 Å². The van der Waals surface area contributed by atoms with E-state index in [1.165, 1.54) is 24.3 Å². The Labute approximate surface area is 155 Å². The van der Waals surface area contributed by atoms with Crippen molar-refractivity contribution in [1.29, 1.82) is 0 Å². The Bertz CT molecular complexity index is 1010. The van der Waals surface area contributed by atoms with Crippen molar-refractivity contribution in [2.45, 2.75) is 13.0 Å². The number of nitro groups is 1. The highest BCUT2D eigenvalue weighted by Gasteiger charge is 2.23. The summed E-state index contributed by atoms with van der Waals surface area (Å²) in [7, 11) is 0. The molecule has 7 nitrogen and oxygen atoms in total. The molecule has 1 aliphatic rings. The molecule has 0 saturated heterocycles. The van der Waals surface area contributed by atoms with Crippen molar-refractivity contribution in [3.63, 3.8) is 0 Å². The minimum absolute atomic E-state index is 0.00933. The largest absolute Gasteiger partial charge is 0.485 e. The molecule has 2 aromatic carbocycles. The van der Waals surface area contributed by atoms with Gasteiger partial charge in [-0.2, -0.15) is 0 Å². The van der Waals surface area contributed by atoms with Gasteiger partial charge in [0.15, 0.2) is 6.61 Å². The van der Waals surface area contributed by atoms with Crippen LogP contribution in [0.1, 0.15) is 16.1 Å². The molecule has 0 spiro atoms. The summed E-state index contributed by atoms with van der Waals surface area (Å²) in [6.45, 7) is 2.43. The number of fused-ring (bicyclic) bond motifs is 3. The highest BCUT2D eigenvalue weighted by molar-refractivity contribution is 6.10. The number of hydrogen-bond acceptors (Lipinski definition) is 5. The molecule has 2 heterocycles. The van der Waals surface area contributed by atoms with Crippen LogP contribution in [0.15, 0.2) is 48.5 Å². The lowest BCUT2D eigenvalue weighted by Gasteiger charge is -2.08. The standard InChI is InChI=1S/C20H19N3O4/c24-19(13-27-15-7-5-14(6-8-15)23(25)26)20-16-3-1-2-4-17(16)22-12-11-21-10-9-18(20)22/h1-8,21H,9-13H2. The number of ether oxygens (including phenoxy) is 1. The van der Waals surface area contributed by atoms with E-state index in [0.29, 0.717) is 5.75 Å². The lowest BCUT2D eigenvalue weighted by atomic mass is 10.1. The van der Waals surface area contributed by atoms with Gasteiger partial charge in [0.25, 0.3) is 5.69 Å². The molecule has 27 heavy (non-hydrogen) atoms. The van der Waals surface area contributed by atoms with Crippen molar-refractivity contribution in [2.75, 3.05) is 19.7 Å². The lowest BCUT2D eigenvalue weighted by Crippen LogP contribution is -2.17. The van der Waals surface area contributed by atoms with Crippen LogP contribution in [0.4, 0.5) is 5.69 Å². The molecule has 0 aliphatic carbocycles. The Morgan fingerprint density at radius 2 is 1.93 bits per heavy atom. The molecule has 0 atom stereocenters. The maximum Gasteiger partial charge on any atom is 0.269 e. The molecular weight excluding hydrogens is 346 g/mol. The Kier molecular flexibility index (Phi) is 4.60. The highest BCUT2D eigenvalue weighted by Crippen LogP contribution is 2.28. The zero-order valence-electron chi connectivity index (χ0n) is 14.7. The summed E-state index contributed by atoms with van der Waals surface area (Å²) in [6.07, 6.45) is 0.785. The average Bonchev–Trinajstić information content (AvgIpc) is 2.82. The summed E-state index contributed by atoms with van der Waals surface area (Å²) < 4.78 is 7.82. The molecule has 138 valence electrons. The Morgan fingerprint density at radius 1 is 1.15 bits per heavy atom. The Hall–Kier alpha value is -3.19. The number of rotatable bonds is 5. The Morgan fingerprint density at radius 3 is 2.70 bits per heavy atom. The van der Waals surface area contributed by atoms with Gasteiger partial charge in [-0.15, -0.1) is 0 Å². The van der Waals surface area contributed by atoms with E-state index >= 15 is 0 Å². The van der Waals surface area contributed by atoms with Crippen LogP contribution in [-0.2, 0) is 13.0 Å². The van der Waals surface area contributed by atoms with Crippen LogP contribution in [0.3, 0.4) is 0 Å². The number of non-ortho nitro benzene ring substituents is 1. The maximum absolute atomic E-state index is 13.0. The SMILES string of the molecule is O=C(COc1ccc([N+](=O)[O-])cc1)c1c2n(c3ccccc13)CCNCC2. The van der Waals surface area contributed by atoms with Crippen molar-refractivity contribution >= 4 is 22.4 Å². The van der Waals surface area contributed by atoms with Gasteiger partial charge in [0.2, 0.25) is 5.78 Å². The normalized spacial score (nSPS) is 13.8. The number of benzene rings is 2. The lowest BCUT2D eigenvalue weighted by molar-refractivity contribution is -0.384. The van der Waals surface area contributed by atoms with Gasteiger partial charge in [-0.25, -0.2) is 0 Å². The minimum atomic E-state index is -0.467. The van der Waals surface area contributed by atoms with Gasteiger partial charge in [-0.1, -0.05) is 18.2 Å². The van der Waals surface area contributed by atoms with Crippen LogP contribution >= 0.6 is 0 Å². The van der Waals surface area contributed by atoms with Crippen molar-refractivity contribution in [2.24, 2.45) is 0 Å². The fourth-order valence-electron chi connectivity index (χ4n) is 3.59. The molecule has 7 heteroatoms. The van der Waals surface area contributed by atoms with Gasteiger partial charge in [-0.3, -0.25) is 14.9 Å². The number of ketones is 1. The molecule has 0 saturated carbocycles. The van der Waals surface area contributed by atoms with E-state index in [2.05, 4.69) is 9.88 Å². The monoisotopic (exact) mass is 365 g/mol. The second kappa shape index (κ2) is 7.20. The number of nitrogens with one attached hydrogen (secondary N) is 1. The maximum atomic E-state index is 13.0. The number of para-hydroxylation sites is 1. The van der Waals surface area contributed by atoms with E-state index in [-0.39, 0.29) is 18.1 Å². The first-order valence-corrected chi connectivity index (χ1v) is 8.86. The summed E-state index contributed by atoms with van der Waals surface area (Å²) in [6, 6.07) is 13.7.